The van der Waals surface area contributed by atoms with E-state index in [0.29, 0.717) is 10.7 Å². The van der Waals surface area contributed by atoms with Gasteiger partial charge in [0.15, 0.2) is 0 Å². The van der Waals surface area contributed by atoms with Gasteiger partial charge in [-0.15, -0.1) is 0 Å². The summed E-state index contributed by atoms with van der Waals surface area (Å²) < 4.78 is 0. The van der Waals surface area contributed by atoms with Gasteiger partial charge in [-0.1, -0.05) is 38.3 Å². The van der Waals surface area contributed by atoms with Crippen LogP contribution in [0.25, 0.3) is 0 Å². The molecule has 0 aromatic heterocycles. The van der Waals surface area contributed by atoms with Gasteiger partial charge >= 0.3 is 0 Å². The predicted molar refractivity (Wildman–Crippen MR) is 54.5 cm³/mol. The first-order chi connectivity index (χ1) is 5.24. The molecule has 3 heteroatoms. The van der Waals surface area contributed by atoms with Crippen LogP contribution in [0.5, 0.6) is 0 Å². The summed E-state index contributed by atoms with van der Waals surface area (Å²) in [6.07, 6.45) is 4.74. The highest BCUT2D eigenvalue weighted by Crippen LogP contribution is 2.35. The van der Waals surface area contributed by atoms with Gasteiger partial charge in [-0.25, -0.2) is 0 Å². The number of rotatable bonds is 5. The van der Waals surface area contributed by atoms with E-state index in [-0.39, 0.29) is 6.10 Å². The molecule has 0 heterocycles. The minimum absolute atomic E-state index is 0.0349. The summed E-state index contributed by atoms with van der Waals surface area (Å²) in [6, 6.07) is 0. The molecule has 0 aromatic carbocycles. The first-order valence-corrected chi connectivity index (χ1v) is 6.16. The van der Waals surface area contributed by atoms with Crippen LogP contribution in [0.3, 0.4) is 0 Å². The lowest BCUT2D eigenvalue weighted by Crippen LogP contribution is -1.98. The molecule has 0 unspecified atom stereocenters. The van der Waals surface area contributed by atoms with Gasteiger partial charge in [0.25, 0.3) is 0 Å². The monoisotopic (exact) mass is 284 g/mol. The number of halogens is 2. The summed E-state index contributed by atoms with van der Waals surface area (Å²) in [6.45, 7) is 0. The first kappa shape index (κ1) is 10.0. The number of alkyl halides is 2. The van der Waals surface area contributed by atoms with Gasteiger partial charge in [0.05, 0.1) is 6.10 Å². The molecule has 0 aliphatic heterocycles. The Morgan fingerprint density at radius 2 is 2.18 bits per heavy atom. The van der Waals surface area contributed by atoms with Crippen molar-refractivity contribution >= 4 is 31.9 Å². The van der Waals surface area contributed by atoms with E-state index < -0.39 is 0 Å². The Morgan fingerprint density at radius 1 is 1.55 bits per heavy atom. The van der Waals surface area contributed by atoms with Gasteiger partial charge in [0.1, 0.15) is 0 Å². The van der Waals surface area contributed by atoms with Gasteiger partial charge < -0.3 is 5.11 Å². The highest BCUT2D eigenvalue weighted by Gasteiger charge is 2.33. The first-order valence-electron chi connectivity index (χ1n) is 4.12. The van der Waals surface area contributed by atoms with Crippen molar-refractivity contribution in [2.75, 3.05) is 5.33 Å². The van der Waals surface area contributed by atoms with Crippen LogP contribution in [-0.2, 0) is 0 Å². The lowest BCUT2D eigenvalue weighted by atomic mass is 10.1. The van der Waals surface area contributed by atoms with Crippen molar-refractivity contribution in [3.05, 3.63) is 0 Å². The van der Waals surface area contributed by atoms with Crippen molar-refractivity contribution in [1.82, 2.24) is 0 Å². The van der Waals surface area contributed by atoms with E-state index in [2.05, 4.69) is 31.9 Å². The third-order valence-corrected chi connectivity index (χ3v) is 4.58. The molecular weight excluding hydrogens is 272 g/mol. The van der Waals surface area contributed by atoms with Gasteiger partial charge in [0.2, 0.25) is 0 Å². The van der Waals surface area contributed by atoms with Crippen molar-refractivity contribution in [3.8, 4) is 0 Å². The molecule has 1 fully saturated rings. The highest BCUT2D eigenvalue weighted by atomic mass is 79.9. The van der Waals surface area contributed by atoms with Gasteiger partial charge in [-0.3, -0.25) is 0 Å². The average Bonchev–Trinajstić information content (AvgIpc) is 2.66. The molecular formula is C8H14Br2O. The Balaban J connectivity index is 1.88. The molecule has 1 N–H and O–H groups in total. The zero-order valence-corrected chi connectivity index (χ0v) is 9.64. The predicted octanol–water partition coefficient (Wildman–Crippen LogP) is 2.70. The summed E-state index contributed by atoms with van der Waals surface area (Å²) in [7, 11) is 0. The Hall–Kier alpha value is 0.920. The maximum Gasteiger partial charge on any atom is 0.0573 e. The molecule has 0 bridgehead atoms. The topological polar surface area (TPSA) is 20.2 Å². The summed E-state index contributed by atoms with van der Waals surface area (Å²) in [5.41, 5.74) is 0. The van der Waals surface area contributed by atoms with Gasteiger partial charge in [-0.2, -0.15) is 0 Å². The molecule has 66 valence electrons. The van der Waals surface area contributed by atoms with Crippen molar-refractivity contribution < 1.29 is 5.11 Å². The third-order valence-electron chi connectivity index (χ3n) is 2.14. The maximum absolute atomic E-state index is 9.03. The molecule has 0 spiro atoms. The summed E-state index contributed by atoms with van der Waals surface area (Å²) in [4.78, 5) is 0.610. The number of aliphatic hydroxyl groups is 1. The third kappa shape index (κ3) is 3.90. The van der Waals surface area contributed by atoms with E-state index in [0.717, 1.165) is 11.8 Å². The molecule has 1 rings (SSSR count). The largest absolute Gasteiger partial charge is 0.393 e. The smallest absolute Gasteiger partial charge is 0.0573 e. The fourth-order valence-corrected chi connectivity index (χ4v) is 1.87. The molecule has 0 amide bonds. The van der Waals surface area contributed by atoms with E-state index in [9.17, 15) is 0 Å². The number of aliphatic hydroxyl groups excluding tert-OH is 1. The van der Waals surface area contributed by atoms with Crippen LogP contribution in [0.4, 0.5) is 0 Å². The lowest BCUT2D eigenvalue weighted by molar-refractivity contribution is 0.255. The van der Waals surface area contributed by atoms with E-state index in [1.54, 1.807) is 0 Å². The average molecular weight is 286 g/mol. The highest BCUT2D eigenvalue weighted by molar-refractivity contribution is 9.12. The van der Waals surface area contributed by atoms with Crippen molar-refractivity contribution in [2.45, 2.75) is 36.6 Å². The molecule has 0 radical (unpaired) electrons. The zero-order chi connectivity index (χ0) is 8.27. The summed E-state index contributed by atoms with van der Waals surface area (Å²) >= 11 is 6.97. The molecule has 0 aromatic rings. The quantitative estimate of drug-likeness (QED) is 0.770. The fourth-order valence-electron chi connectivity index (χ4n) is 1.22. The molecule has 1 aliphatic rings. The van der Waals surface area contributed by atoms with Crippen LogP contribution in [0.1, 0.15) is 25.7 Å². The number of hydrogen-bond acceptors (Lipinski definition) is 1. The van der Waals surface area contributed by atoms with E-state index in [1.807, 2.05) is 0 Å². The van der Waals surface area contributed by atoms with Crippen LogP contribution in [-0.4, -0.2) is 21.4 Å². The van der Waals surface area contributed by atoms with E-state index >= 15 is 0 Å². The van der Waals surface area contributed by atoms with Gasteiger partial charge in [0, 0.05) is 10.2 Å². The Kier molecular flexibility index (Phi) is 4.39. The Morgan fingerprint density at radius 3 is 2.64 bits per heavy atom. The van der Waals surface area contributed by atoms with Crippen molar-refractivity contribution in [2.24, 2.45) is 5.92 Å². The SMILES string of the molecule is O[C@@H]1C[C@H]1CCC[C@H](Br)CBr. The molecule has 1 nitrogen and oxygen atoms in total. The Bertz CT molecular complexity index is 115. The molecule has 3 atom stereocenters. The molecule has 11 heavy (non-hydrogen) atoms. The summed E-state index contributed by atoms with van der Waals surface area (Å²) in [5.74, 6) is 0.630. The minimum atomic E-state index is 0.0349. The van der Waals surface area contributed by atoms with Crippen LogP contribution in [0.15, 0.2) is 0 Å². The molecule has 1 saturated carbocycles. The second-order valence-corrected chi connectivity index (χ2v) is 5.19. The van der Waals surface area contributed by atoms with Gasteiger partial charge in [-0.05, 0) is 25.2 Å². The fraction of sp³-hybridized carbons (Fsp3) is 1.00. The second kappa shape index (κ2) is 4.83. The van der Waals surface area contributed by atoms with E-state index in [4.69, 9.17) is 5.11 Å². The second-order valence-electron chi connectivity index (χ2n) is 3.25. The van der Waals surface area contributed by atoms with Crippen molar-refractivity contribution in [1.29, 1.82) is 0 Å². The molecule has 0 saturated heterocycles. The standard InChI is InChI=1S/C8H14Br2O/c9-5-7(10)3-1-2-6-4-8(6)11/h6-8,11H,1-5H2/t6-,7+,8-/m1/s1. The number of hydrogen-bond donors (Lipinski definition) is 1. The Labute approximate surface area is 84.8 Å². The van der Waals surface area contributed by atoms with Crippen LogP contribution < -0.4 is 0 Å². The van der Waals surface area contributed by atoms with Crippen LogP contribution in [0.2, 0.25) is 0 Å². The zero-order valence-electron chi connectivity index (χ0n) is 6.47. The van der Waals surface area contributed by atoms with Crippen LogP contribution >= 0.6 is 31.9 Å². The maximum atomic E-state index is 9.03. The lowest BCUT2D eigenvalue weighted by Gasteiger charge is -2.03. The summed E-state index contributed by atoms with van der Waals surface area (Å²) in [5, 5.41) is 10.1. The van der Waals surface area contributed by atoms with E-state index in [1.165, 1.54) is 19.3 Å². The van der Waals surface area contributed by atoms with Crippen molar-refractivity contribution in [3.63, 3.8) is 0 Å². The normalized spacial score (nSPS) is 31.9. The minimum Gasteiger partial charge on any atom is -0.393 e. The van der Waals surface area contributed by atoms with Crippen LogP contribution in [0, 0.1) is 5.92 Å². The molecule has 1 aliphatic carbocycles.